The molecule has 1 aromatic rings. The fraction of sp³-hybridized carbons (Fsp3) is 0.632. The van der Waals surface area contributed by atoms with Crippen molar-refractivity contribution < 1.29 is 14.6 Å². The zero-order valence-corrected chi connectivity index (χ0v) is 15.7. The number of anilines is 1. The van der Waals surface area contributed by atoms with Crippen molar-refractivity contribution in [2.24, 2.45) is 0 Å². The number of hydrogen-bond acceptors (Lipinski definition) is 2. The van der Waals surface area contributed by atoms with E-state index in [0.29, 0.717) is 12.5 Å². The maximum atomic E-state index is 11.9. The van der Waals surface area contributed by atoms with Gasteiger partial charge in [-0.3, -0.25) is 4.79 Å². The lowest BCUT2D eigenvalue weighted by Gasteiger charge is -2.33. The first kappa shape index (κ1) is 18.7. The third kappa shape index (κ3) is 5.21. The fourth-order valence-electron chi connectivity index (χ4n) is 3.38. The highest BCUT2D eigenvalue weighted by molar-refractivity contribution is 5.75. The van der Waals surface area contributed by atoms with Crippen LogP contribution >= 0.6 is 0 Å². The molecule has 1 amide bonds. The molecule has 0 aliphatic carbocycles. The van der Waals surface area contributed by atoms with Crippen LogP contribution in [0.15, 0.2) is 24.3 Å². The fourth-order valence-corrected chi connectivity index (χ4v) is 3.38. The zero-order valence-electron chi connectivity index (χ0n) is 15.7. The second-order valence-corrected chi connectivity index (χ2v) is 7.21. The average Bonchev–Trinajstić information content (AvgIpc) is 2.57. The Bertz CT molecular complexity index is 507. The molecule has 0 bridgehead atoms. The van der Waals surface area contributed by atoms with Crippen LogP contribution in [0.3, 0.4) is 0 Å². The third-order valence-electron chi connectivity index (χ3n) is 5.03. The summed E-state index contributed by atoms with van der Waals surface area (Å²) in [7, 11) is 6.39. The topological polar surface area (TPSA) is 41.2 Å². The molecule has 3 N–H and O–H groups in total. The summed E-state index contributed by atoms with van der Waals surface area (Å²) in [5.74, 6) is 0.173. The lowest BCUT2D eigenvalue weighted by atomic mass is 10.0. The lowest BCUT2D eigenvalue weighted by Crippen LogP contribution is -3.27. The summed E-state index contributed by atoms with van der Waals surface area (Å²) in [6.07, 6.45) is 1.52. The Morgan fingerprint density at radius 1 is 1.17 bits per heavy atom. The van der Waals surface area contributed by atoms with Gasteiger partial charge in [0.25, 0.3) is 0 Å². The Hall–Kier alpha value is -1.59. The number of amides is 1. The summed E-state index contributed by atoms with van der Waals surface area (Å²) < 4.78 is 0. The van der Waals surface area contributed by atoms with E-state index >= 15 is 0 Å². The van der Waals surface area contributed by atoms with Gasteiger partial charge in [-0.2, -0.15) is 0 Å². The van der Waals surface area contributed by atoms with Crippen LogP contribution in [0.25, 0.3) is 0 Å². The number of piperazine rings is 1. The minimum absolute atomic E-state index is 0.173. The molecular weight excluding hydrogens is 300 g/mol. The van der Waals surface area contributed by atoms with Crippen LogP contribution in [0.4, 0.5) is 5.69 Å². The normalized spacial score (nSPS) is 22.0. The molecule has 5 heteroatoms. The van der Waals surface area contributed by atoms with Gasteiger partial charge in [-0.05, 0) is 18.6 Å². The highest BCUT2D eigenvalue weighted by Crippen LogP contribution is 2.16. The number of hydrogen-bond donors (Lipinski definition) is 3. The van der Waals surface area contributed by atoms with E-state index in [1.165, 1.54) is 24.3 Å². The van der Waals surface area contributed by atoms with Gasteiger partial charge in [0.1, 0.15) is 32.2 Å². The summed E-state index contributed by atoms with van der Waals surface area (Å²) in [4.78, 5) is 17.2. The standard InChI is InChI=1S/C19H32N4O/c1-5-6-19(24)20-15-18(23-13-11-22(4)12-14-23)16-7-9-17(10-8-16)21(2)3/h7-10,18H,5-6,11-15H2,1-4H3,(H,20,24)/p+2/t18-/m0/s1. The SMILES string of the molecule is CCCC(=O)NC[C@@H](c1ccc(N(C)C)cc1)[NH+]1CC[NH+](C)CC1. The van der Waals surface area contributed by atoms with Crippen LogP contribution in [0.2, 0.25) is 0 Å². The minimum atomic E-state index is 0.173. The van der Waals surface area contributed by atoms with Gasteiger partial charge in [0, 0.05) is 31.8 Å². The zero-order chi connectivity index (χ0) is 17.5. The number of nitrogens with zero attached hydrogens (tertiary/aromatic N) is 1. The number of likely N-dealkylation sites (N-methyl/N-ethyl adjacent to an activating group) is 1. The first-order chi connectivity index (χ1) is 11.5. The molecule has 2 rings (SSSR count). The number of carbonyl (C=O) groups excluding carboxylic acids is 1. The third-order valence-corrected chi connectivity index (χ3v) is 5.03. The van der Waals surface area contributed by atoms with Crippen molar-refractivity contribution in [3.05, 3.63) is 29.8 Å². The molecule has 24 heavy (non-hydrogen) atoms. The summed E-state index contributed by atoms with van der Waals surface area (Å²) in [5, 5.41) is 3.15. The molecule has 1 fully saturated rings. The minimum Gasteiger partial charge on any atom is -0.378 e. The molecule has 0 radical (unpaired) electrons. The molecule has 1 atom stereocenters. The van der Waals surface area contributed by atoms with Gasteiger partial charge in [0.15, 0.2) is 0 Å². The van der Waals surface area contributed by atoms with Gasteiger partial charge in [0.05, 0.1) is 13.6 Å². The van der Waals surface area contributed by atoms with Crippen molar-refractivity contribution in [3.63, 3.8) is 0 Å². The maximum Gasteiger partial charge on any atom is 0.220 e. The predicted octanol–water partition coefficient (Wildman–Crippen LogP) is -0.877. The molecule has 0 spiro atoms. The van der Waals surface area contributed by atoms with Crippen molar-refractivity contribution in [1.82, 2.24) is 5.32 Å². The largest absolute Gasteiger partial charge is 0.378 e. The molecule has 1 aliphatic heterocycles. The summed E-state index contributed by atoms with van der Waals surface area (Å²) in [6, 6.07) is 9.15. The van der Waals surface area contributed by atoms with Crippen LogP contribution in [0.1, 0.15) is 31.4 Å². The van der Waals surface area contributed by atoms with Gasteiger partial charge >= 0.3 is 0 Å². The molecule has 5 nitrogen and oxygen atoms in total. The van der Waals surface area contributed by atoms with Crippen molar-refractivity contribution >= 4 is 11.6 Å². The maximum absolute atomic E-state index is 11.9. The van der Waals surface area contributed by atoms with E-state index in [4.69, 9.17) is 0 Å². The Balaban J connectivity index is 2.10. The first-order valence-corrected chi connectivity index (χ1v) is 9.21. The first-order valence-electron chi connectivity index (χ1n) is 9.21. The number of nitrogens with one attached hydrogen (secondary N) is 3. The second-order valence-electron chi connectivity index (χ2n) is 7.21. The Kier molecular flexibility index (Phi) is 7.06. The highest BCUT2D eigenvalue weighted by Gasteiger charge is 2.29. The van der Waals surface area contributed by atoms with E-state index in [2.05, 4.69) is 55.6 Å². The molecule has 1 aromatic carbocycles. The van der Waals surface area contributed by atoms with Crippen molar-refractivity contribution in [1.29, 1.82) is 0 Å². The summed E-state index contributed by atoms with van der Waals surface area (Å²) in [5.41, 5.74) is 2.54. The average molecular weight is 335 g/mol. The quantitative estimate of drug-likeness (QED) is 0.606. The molecule has 1 aliphatic rings. The van der Waals surface area contributed by atoms with Crippen LogP contribution in [0.5, 0.6) is 0 Å². The summed E-state index contributed by atoms with van der Waals surface area (Å²) >= 11 is 0. The van der Waals surface area contributed by atoms with Gasteiger partial charge < -0.3 is 20.0 Å². The van der Waals surface area contributed by atoms with Crippen molar-refractivity contribution in [2.75, 3.05) is 58.8 Å². The Morgan fingerprint density at radius 3 is 2.33 bits per heavy atom. The second kappa shape index (κ2) is 9.04. The van der Waals surface area contributed by atoms with Crippen LogP contribution in [-0.4, -0.2) is 59.8 Å². The van der Waals surface area contributed by atoms with E-state index in [1.807, 2.05) is 6.92 Å². The van der Waals surface area contributed by atoms with Crippen molar-refractivity contribution in [2.45, 2.75) is 25.8 Å². The molecule has 0 saturated carbocycles. The van der Waals surface area contributed by atoms with Gasteiger partial charge in [-0.1, -0.05) is 19.1 Å². The van der Waals surface area contributed by atoms with Crippen molar-refractivity contribution in [3.8, 4) is 0 Å². The van der Waals surface area contributed by atoms with E-state index in [1.54, 1.807) is 9.80 Å². The van der Waals surface area contributed by atoms with E-state index in [-0.39, 0.29) is 5.91 Å². The highest BCUT2D eigenvalue weighted by atomic mass is 16.1. The van der Waals surface area contributed by atoms with Crippen LogP contribution in [0, 0.1) is 0 Å². The Morgan fingerprint density at radius 2 is 1.79 bits per heavy atom. The number of benzene rings is 1. The van der Waals surface area contributed by atoms with E-state index in [9.17, 15) is 4.79 Å². The number of quaternary nitrogens is 2. The smallest absolute Gasteiger partial charge is 0.220 e. The van der Waals surface area contributed by atoms with Gasteiger partial charge in [0.2, 0.25) is 5.91 Å². The van der Waals surface area contributed by atoms with E-state index < -0.39 is 0 Å². The molecule has 134 valence electrons. The Labute approximate surface area is 146 Å². The van der Waals surface area contributed by atoms with E-state index in [0.717, 1.165) is 26.1 Å². The molecular formula is C19H34N4O+2. The predicted molar refractivity (Wildman–Crippen MR) is 98.7 cm³/mol. The van der Waals surface area contributed by atoms with Gasteiger partial charge in [-0.15, -0.1) is 0 Å². The van der Waals surface area contributed by atoms with Crippen LogP contribution in [-0.2, 0) is 4.79 Å². The molecule has 0 unspecified atom stereocenters. The van der Waals surface area contributed by atoms with Crippen LogP contribution < -0.4 is 20.0 Å². The number of rotatable bonds is 7. The molecule has 0 aromatic heterocycles. The van der Waals surface area contributed by atoms with Gasteiger partial charge in [-0.25, -0.2) is 0 Å². The lowest BCUT2D eigenvalue weighted by molar-refractivity contribution is -1.02. The molecule has 1 saturated heterocycles. The molecule has 1 heterocycles. The number of carbonyl (C=O) groups is 1. The summed E-state index contributed by atoms with van der Waals surface area (Å²) in [6.45, 7) is 7.50. The monoisotopic (exact) mass is 334 g/mol.